The van der Waals surface area contributed by atoms with Crippen LogP contribution < -0.4 is 10.1 Å². The number of carbonyl (C=O) groups excluding carboxylic acids is 2. The zero-order chi connectivity index (χ0) is 20.2. The van der Waals surface area contributed by atoms with Crippen LogP contribution in [0.2, 0.25) is 0 Å². The lowest BCUT2D eigenvalue weighted by Crippen LogP contribution is -2.41. The quantitative estimate of drug-likeness (QED) is 0.811. The lowest BCUT2D eigenvalue weighted by atomic mass is 9.98. The van der Waals surface area contributed by atoms with Gasteiger partial charge in [0.05, 0.1) is 6.61 Å². The second kappa shape index (κ2) is 8.64. The zero-order valence-electron chi connectivity index (χ0n) is 16.3. The van der Waals surface area contributed by atoms with Crippen molar-refractivity contribution < 1.29 is 18.7 Å². The molecule has 1 N–H and O–H groups in total. The zero-order valence-corrected chi connectivity index (χ0v) is 16.3. The smallest absolute Gasteiger partial charge is 0.253 e. The number of rotatable bonds is 6. The molecule has 0 aromatic heterocycles. The second-order valence-electron chi connectivity index (χ2n) is 7.86. The molecule has 29 heavy (non-hydrogen) atoms. The fraction of sp³-hybridized carbons (Fsp3) is 0.391. The number of halogens is 1. The first-order valence-electron chi connectivity index (χ1n) is 10.2. The van der Waals surface area contributed by atoms with E-state index in [2.05, 4.69) is 5.32 Å². The highest BCUT2D eigenvalue weighted by atomic mass is 19.1. The third-order valence-corrected chi connectivity index (χ3v) is 5.37. The van der Waals surface area contributed by atoms with E-state index in [4.69, 9.17) is 4.74 Å². The van der Waals surface area contributed by atoms with Crippen LogP contribution >= 0.6 is 0 Å². The summed E-state index contributed by atoms with van der Waals surface area (Å²) < 4.78 is 19.4. The molecule has 0 bridgehead atoms. The van der Waals surface area contributed by atoms with E-state index in [-0.39, 0.29) is 17.7 Å². The van der Waals surface area contributed by atoms with Gasteiger partial charge in [0.1, 0.15) is 11.6 Å². The molecule has 6 heteroatoms. The van der Waals surface area contributed by atoms with Crippen molar-refractivity contribution in [3.63, 3.8) is 0 Å². The van der Waals surface area contributed by atoms with Gasteiger partial charge in [0.2, 0.25) is 0 Å². The Kier molecular flexibility index (Phi) is 5.79. The summed E-state index contributed by atoms with van der Waals surface area (Å²) in [6.07, 6.45) is 3.95. The molecule has 1 aliphatic heterocycles. The van der Waals surface area contributed by atoms with Gasteiger partial charge in [0, 0.05) is 36.2 Å². The monoisotopic (exact) mass is 396 g/mol. The Hall–Kier alpha value is -2.89. The minimum Gasteiger partial charge on any atom is -0.493 e. The molecular formula is C23H25FN2O3. The van der Waals surface area contributed by atoms with Crippen LogP contribution in [0.1, 0.15) is 46.4 Å². The maximum Gasteiger partial charge on any atom is 0.253 e. The van der Waals surface area contributed by atoms with Gasteiger partial charge >= 0.3 is 0 Å². The van der Waals surface area contributed by atoms with Crippen molar-refractivity contribution in [1.82, 2.24) is 10.2 Å². The SMILES string of the molecule is O=C(NC1CC1)c1cccc(OCC2CCCN(C(=O)c3cccc(F)c3)C2)c1. The van der Waals surface area contributed by atoms with Gasteiger partial charge in [0.25, 0.3) is 11.8 Å². The number of nitrogens with one attached hydrogen (secondary N) is 1. The number of piperidine rings is 1. The van der Waals surface area contributed by atoms with E-state index in [9.17, 15) is 14.0 Å². The molecule has 2 aliphatic rings. The third kappa shape index (κ3) is 5.13. The van der Waals surface area contributed by atoms with Crippen molar-refractivity contribution in [3.8, 4) is 5.75 Å². The molecule has 1 unspecified atom stereocenters. The van der Waals surface area contributed by atoms with Crippen molar-refractivity contribution in [2.45, 2.75) is 31.7 Å². The standard InChI is InChI=1S/C23H25FN2O3/c24-19-7-1-6-18(12-19)23(28)26-11-3-4-16(14-26)15-29-21-8-2-5-17(13-21)22(27)25-20-9-10-20/h1-2,5-8,12-13,16,20H,3-4,9-11,14-15H2,(H,25,27). The first-order chi connectivity index (χ1) is 14.1. The number of hydrogen-bond donors (Lipinski definition) is 1. The third-order valence-electron chi connectivity index (χ3n) is 5.37. The molecule has 1 heterocycles. The summed E-state index contributed by atoms with van der Waals surface area (Å²) in [6, 6.07) is 13.3. The Morgan fingerprint density at radius 3 is 2.66 bits per heavy atom. The van der Waals surface area contributed by atoms with Crippen molar-refractivity contribution >= 4 is 11.8 Å². The summed E-state index contributed by atoms with van der Waals surface area (Å²) in [4.78, 5) is 26.6. The highest BCUT2D eigenvalue weighted by molar-refractivity contribution is 5.95. The van der Waals surface area contributed by atoms with Gasteiger partial charge in [-0.05, 0) is 62.1 Å². The molecule has 1 saturated heterocycles. The van der Waals surface area contributed by atoms with Crippen LogP contribution in [0, 0.1) is 11.7 Å². The van der Waals surface area contributed by atoms with E-state index in [1.807, 2.05) is 12.1 Å². The summed E-state index contributed by atoms with van der Waals surface area (Å²) in [5.74, 6) is 0.237. The first-order valence-corrected chi connectivity index (χ1v) is 10.2. The molecule has 152 valence electrons. The molecule has 4 rings (SSSR count). The van der Waals surface area contributed by atoms with Crippen LogP contribution in [-0.2, 0) is 0 Å². The van der Waals surface area contributed by atoms with Crippen molar-refractivity contribution in [1.29, 1.82) is 0 Å². The molecule has 1 aliphatic carbocycles. The Balaban J connectivity index is 1.33. The lowest BCUT2D eigenvalue weighted by molar-refractivity contribution is 0.0632. The molecule has 2 fully saturated rings. The Morgan fingerprint density at radius 1 is 1.07 bits per heavy atom. The van der Waals surface area contributed by atoms with Crippen LogP contribution in [0.4, 0.5) is 4.39 Å². The van der Waals surface area contributed by atoms with Crippen LogP contribution in [0.5, 0.6) is 5.75 Å². The topological polar surface area (TPSA) is 58.6 Å². The van der Waals surface area contributed by atoms with Gasteiger partial charge in [-0.2, -0.15) is 0 Å². The minimum atomic E-state index is -0.404. The Morgan fingerprint density at radius 2 is 1.86 bits per heavy atom. The van der Waals surface area contributed by atoms with Gasteiger partial charge in [0.15, 0.2) is 0 Å². The van der Waals surface area contributed by atoms with Gasteiger partial charge in [-0.25, -0.2) is 4.39 Å². The Bertz CT molecular complexity index is 897. The number of hydrogen-bond acceptors (Lipinski definition) is 3. The van der Waals surface area contributed by atoms with Gasteiger partial charge in [-0.3, -0.25) is 9.59 Å². The normalized spacial score (nSPS) is 18.9. The maximum atomic E-state index is 13.4. The van der Waals surface area contributed by atoms with Crippen molar-refractivity contribution in [2.24, 2.45) is 5.92 Å². The molecule has 0 radical (unpaired) electrons. The van der Waals surface area contributed by atoms with Crippen LogP contribution in [0.25, 0.3) is 0 Å². The minimum absolute atomic E-state index is 0.0671. The van der Waals surface area contributed by atoms with E-state index in [0.29, 0.717) is 42.6 Å². The maximum absolute atomic E-state index is 13.4. The highest BCUT2D eigenvalue weighted by Gasteiger charge is 2.26. The number of ether oxygens (including phenoxy) is 1. The summed E-state index contributed by atoms with van der Waals surface area (Å²) in [5.41, 5.74) is 0.974. The predicted octanol–water partition coefficient (Wildman–Crippen LogP) is 3.65. The van der Waals surface area contributed by atoms with E-state index in [1.165, 1.54) is 12.1 Å². The van der Waals surface area contributed by atoms with Gasteiger partial charge < -0.3 is 15.0 Å². The fourth-order valence-corrected chi connectivity index (χ4v) is 3.63. The van der Waals surface area contributed by atoms with Crippen molar-refractivity contribution in [2.75, 3.05) is 19.7 Å². The summed E-state index contributed by atoms with van der Waals surface area (Å²) >= 11 is 0. The summed E-state index contributed by atoms with van der Waals surface area (Å²) in [5, 5.41) is 2.98. The summed E-state index contributed by atoms with van der Waals surface area (Å²) in [6.45, 7) is 1.72. The number of carbonyl (C=O) groups is 2. The highest BCUT2D eigenvalue weighted by Crippen LogP contribution is 2.23. The van der Waals surface area contributed by atoms with Crippen LogP contribution in [-0.4, -0.2) is 42.5 Å². The average molecular weight is 396 g/mol. The molecule has 2 aromatic carbocycles. The molecule has 2 aromatic rings. The lowest BCUT2D eigenvalue weighted by Gasteiger charge is -2.32. The predicted molar refractivity (Wildman–Crippen MR) is 107 cm³/mol. The molecule has 1 saturated carbocycles. The largest absolute Gasteiger partial charge is 0.493 e. The second-order valence-corrected chi connectivity index (χ2v) is 7.86. The number of benzene rings is 2. The van der Waals surface area contributed by atoms with Gasteiger partial charge in [-0.15, -0.1) is 0 Å². The molecule has 5 nitrogen and oxygen atoms in total. The van der Waals surface area contributed by atoms with E-state index < -0.39 is 5.82 Å². The van der Waals surface area contributed by atoms with E-state index in [0.717, 1.165) is 25.7 Å². The van der Waals surface area contributed by atoms with Crippen LogP contribution in [0.3, 0.4) is 0 Å². The van der Waals surface area contributed by atoms with Crippen molar-refractivity contribution in [3.05, 3.63) is 65.5 Å². The first kappa shape index (κ1) is 19.4. The fourth-order valence-electron chi connectivity index (χ4n) is 3.63. The molecule has 1 atom stereocenters. The molecule has 0 spiro atoms. The number of nitrogens with zero attached hydrogens (tertiary/aromatic N) is 1. The Labute approximate surface area is 169 Å². The molecule has 2 amide bonds. The van der Waals surface area contributed by atoms with E-state index >= 15 is 0 Å². The van der Waals surface area contributed by atoms with Gasteiger partial charge in [-0.1, -0.05) is 12.1 Å². The molecular weight excluding hydrogens is 371 g/mol. The van der Waals surface area contributed by atoms with E-state index in [1.54, 1.807) is 29.2 Å². The van der Waals surface area contributed by atoms with Crippen LogP contribution in [0.15, 0.2) is 48.5 Å². The summed E-state index contributed by atoms with van der Waals surface area (Å²) in [7, 11) is 0. The number of likely N-dealkylation sites (tertiary alicyclic amines) is 1. The number of amides is 2. The average Bonchev–Trinajstić information content (AvgIpc) is 3.56.